The number of benzene rings is 2. The van der Waals surface area contributed by atoms with Crippen LogP contribution in [0.1, 0.15) is 0 Å². The van der Waals surface area contributed by atoms with Gasteiger partial charge in [0.1, 0.15) is 0 Å². The summed E-state index contributed by atoms with van der Waals surface area (Å²) >= 11 is 1.26. The van der Waals surface area contributed by atoms with Gasteiger partial charge in [0.15, 0.2) is 11.0 Å². The molecule has 2 heterocycles. The fourth-order valence-electron chi connectivity index (χ4n) is 2.95. The normalized spacial score (nSPS) is 10.5. The van der Waals surface area contributed by atoms with Crippen molar-refractivity contribution in [2.24, 2.45) is 0 Å². The first kappa shape index (κ1) is 21.3. The molecular weight excluding hydrogens is 424 g/mol. The van der Waals surface area contributed by atoms with Crippen LogP contribution in [0, 0.1) is 0 Å². The van der Waals surface area contributed by atoms with Crippen molar-refractivity contribution in [2.45, 2.75) is 5.16 Å². The number of amides is 2. The number of hydrogen-bond donors (Lipinski definition) is 2. The molecule has 0 atom stereocenters. The lowest BCUT2D eigenvalue weighted by Gasteiger charge is -2.10. The number of anilines is 1. The molecule has 4 aromatic rings. The van der Waals surface area contributed by atoms with Gasteiger partial charge in [0.25, 0.3) is 0 Å². The summed E-state index contributed by atoms with van der Waals surface area (Å²) in [6.45, 7) is -0.130. The van der Waals surface area contributed by atoms with Crippen molar-refractivity contribution in [3.8, 4) is 17.1 Å². The molecule has 2 aromatic carbocycles. The molecule has 4 rings (SSSR count). The Balaban J connectivity index is 1.41. The Hall–Kier alpha value is -3.98. The van der Waals surface area contributed by atoms with E-state index in [2.05, 4.69) is 25.8 Å². The molecule has 0 saturated heterocycles. The summed E-state index contributed by atoms with van der Waals surface area (Å²) in [5, 5.41) is 14.5. The number of nitrogens with zero attached hydrogens (tertiary/aromatic N) is 4. The molecule has 0 fully saturated rings. The minimum absolute atomic E-state index is 0.0972. The molecule has 2 aromatic heterocycles. The van der Waals surface area contributed by atoms with Gasteiger partial charge in [-0.2, -0.15) is 0 Å². The summed E-state index contributed by atoms with van der Waals surface area (Å²) < 4.78 is 1.92. The highest BCUT2D eigenvalue weighted by Crippen LogP contribution is 2.27. The largest absolute Gasteiger partial charge is 0.346 e. The molecule has 0 aliphatic rings. The number of thioether (sulfide) groups is 1. The van der Waals surface area contributed by atoms with E-state index in [1.807, 2.05) is 65.2 Å². The van der Waals surface area contributed by atoms with Crippen molar-refractivity contribution in [3.63, 3.8) is 0 Å². The second kappa shape index (κ2) is 10.4. The minimum Gasteiger partial charge on any atom is -0.346 e. The summed E-state index contributed by atoms with van der Waals surface area (Å²) in [4.78, 5) is 28.3. The number of hydrogen-bond acceptors (Lipinski definition) is 6. The molecule has 9 heteroatoms. The summed E-state index contributed by atoms with van der Waals surface area (Å²) in [6.07, 6.45) is 3.16. The number of nitrogens with one attached hydrogen (secondary N) is 2. The average Bonchev–Trinajstić information content (AvgIpc) is 3.27. The van der Waals surface area contributed by atoms with E-state index in [1.165, 1.54) is 18.0 Å². The number of carbonyl (C=O) groups is 2. The van der Waals surface area contributed by atoms with Crippen molar-refractivity contribution in [2.75, 3.05) is 17.6 Å². The fraction of sp³-hybridized carbons (Fsp3) is 0.0870. The third kappa shape index (κ3) is 5.38. The third-order valence-electron chi connectivity index (χ3n) is 4.40. The van der Waals surface area contributed by atoms with Gasteiger partial charge in [-0.1, -0.05) is 60.3 Å². The van der Waals surface area contributed by atoms with Crippen molar-refractivity contribution in [1.82, 2.24) is 25.1 Å². The predicted molar refractivity (Wildman–Crippen MR) is 123 cm³/mol. The molecule has 0 unspecified atom stereocenters. The number of rotatable bonds is 8. The highest BCUT2D eigenvalue weighted by atomic mass is 32.2. The fourth-order valence-corrected chi connectivity index (χ4v) is 3.73. The van der Waals surface area contributed by atoms with Gasteiger partial charge >= 0.3 is 0 Å². The van der Waals surface area contributed by atoms with Gasteiger partial charge < -0.3 is 10.6 Å². The first-order chi connectivity index (χ1) is 15.7. The van der Waals surface area contributed by atoms with E-state index in [1.54, 1.807) is 18.3 Å². The topological polar surface area (TPSA) is 102 Å². The molecule has 2 amide bonds. The van der Waals surface area contributed by atoms with E-state index < -0.39 is 0 Å². The molecular formula is C23H20N6O2S. The van der Waals surface area contributed by atoms with Crippen LogP contribution in [-0.2, 0) is 9.59 Å². The lowest BCUT2D eigenvalue weighted by Crippen LogP contribution is -2.33. The van der Waals surface area contributed by atoms with E-state index in [0.717, 1.165) is 11.3 Å². The van der Waals surface area contributed by atoms with Crippen LogP contribution in [0.15, 0.2) is 90.3 Å². The van der Waals surface area contributed by atoms with Crippen LogP contribution in [0.2, 0.25) is 0 Å². The van der Waals surface area contributed by atoms with E-state index >= 15 is 0 Å². The summed E-state index contributed by atoms with van der Waals surface area (Å²) in [6, 6.07) is 22.9. The van der Waals surface area contributed by atoms with E-state index in [0.29, 0.717) is 16.7 Å². The van der Waals surface area contributed by atoms with Gasteiger partial charge in [-0.25, -0.2) is 0 Å². The highest BCUT2D eigenvalue weighted by Gasteiger charge is 2.17. The second-order valence-electron chi connectivity index (χ2n) is 6.70. The Labute approximate surface area is 189 Å². The maximum Gasteiger partial charge on any atom is 0.243 e. The number of pyridine rings is 1. The van der Waals surface area contributed by atoms with E-state index in [-0.39, 0.29) is 24.1 Å². The van der Waals surface area contributed by atoms with Crippen LogP contribution in [0.25, 0.3) is 17.1 Å². The number of aromatic nitrogens is 4. The monoisotopic (exact) mass is 444 g/mol. The molecule has 0 aliphatic heterocycles. The van der Waals surface area contributed by atoms with Crippen LogP contribution < -0.4 is 10.6 Å². The van der Waals surface area contributed by atoms with Crippen molar-refractivity contribution < 1.29 is 9.59 Å². The van der Waals surface area contributed by atoms with Gasteiger partial charge in [-0.3, -0.25) is 19.1 Å². The Bertz CT molecular complexity index is 1180. The van der Waals surface area contributed by atoms with Crippen LogP contribution in [-0.4, -0.2) is 43.9 Å². The van der Waals surface area contributed by atoms with Crippen molar-refractivity contribution in [3.05, 3.63) is 85.2 Å². The Morgan fingerprint density at radius 3 is 2.34 bits per heavy atom. The third-order valence-corrected chi connectivity index (χ3v) is 5.33. The summed E-state index contributed by atoms with van der Waals surface area (Å²) in [7, 11) is 0. The molecule has 160 valence electrons. The SMILES string of the molecule is O=C(CSc1nnc(-c2ccccc2)n1-c1ccccc1)NCC(=O)Nc1cccnc1. The predicted octanol–water partition coefficient (Wildman–Crippen LogP) is 3.18. The zero-order valence-electron chi connectivity index (χ0n) is 17.0. The van der Waals surface area contributed by atoms with Gasteiger partial charge in [0, 0.05) is 17.4 Å². The Kier molecular flexibility index (Phi) is 6.88. The van der Waals surface area contributed by atoms with Gasteiger partial charge in [-0.05, 0) is 24.3 Å². The van der Waals surface area contributed by atoms with Gasteiger partial charge in [-0.15, -0.1) is 10.2 Å². The second-order valence-corrected chi connectivity index (χ2v) is 7.64. The molecule has 0 saturated carbocycles. The first-order valence-corrected chi connectivity index (χ1v) is 10.8. The number of carbonyl (C=O) groups excluding carboxylic acids is 2. The molecule has 0 radical (unpaired) electrons. The molecule has 0 spiro atoms. The molecule has 8 nitrogen and oxygen atoms in total. The standard InChI is InChI=1S/C23H20N6O2S/c30-20(26-18-10-7-13-24-14-18)15-25-21(31)16-32-23-28-27-22(17-8-3-1-4-9-17)29(23)19-11-5-2-6-12-19/h1-14H,15-16H2,(H,25,31)(H,26,30). The zero-order chi connectivity index (χ0) is 22.2. The zero-order valence-corrected chi connectivity index (χ0v) is 17.8. The van der Waals surface area contributed by atoms with Crippen LogP contribution in [0.3, 0.4) is 0 Å². The van der Waals surface area contributed by atoms with Crippen LogP contribution >= 0.6 is 11.8 Å². The Morgan fingerprint density at radius 1 is 0.875 bits per heavy atom. The highest BCUT2D eigenvalue weighted by molar-refractivity contribution is 7.99. The van der Waals surface area contributed by atoms with Crippen LogP contribution in [0.5, 0.6) is 0 Å². The number of para-hydroxylation sites is 1. The van der Waals surface area contributed by atoms with Crippen LogP contribution in [0.4, 0.5) is 5.69 Å². The summed E-state index contributed by atoms with van der Waals surface area (Å²) in [5.74, 6) is 0.186. The maximum atomic E-state index is 12.3. The molecule has 0 bridgehead atoms. The quantitative estimate of drug-likeness (QED) is 0.405. The molecule has 2 N–H and O–H groups in total. The molecule has 32 heavy (non-hydrogen) atoms. The van der Waals surface area contributed by atoms with Gasteiger partial charge in [0.05, 0.1) is 24.2 Å². The smallest absolute Gasteiger partial charge is 0.243 e. The molecule has 0 aliphatic carbocycles. The van der Waals surface area contributed by atoms with E-state index in [9.17, 15) is 9.59 Å². The summed E-state index contributed by atoms with van der Waals surface area (Å²) in [5.41, 5.74) is 2.40. The first-order valence-electron chi connectivity index (χ1n) is 9.86. The maximum absolute atomic E-state index is 12.3. The minimum atomic E-state index is -0.324. The lowest BCUT2D eigenvalue weighted by atomic mass is 10.2. The van der Waals surface area contributed by atoms with Gasteiger partial charge in [0.2, 0.25) is 11.8 Å². The average molecular weight is 445 g/mol. The lowest BCUT2D eigenvalue weighted by molar-refractivity contribution is -0.122. The Morgan fingerprint density at radius 2 is 1.62 bits per heavy atom. The van der Waals surface area contributed by atoms with E-state index in [4.69, 9.17) is 0 Å². The van der Waals surface area contributed by atoms with Crippen molar-refractivity contribution >= 4 is 29.3 Å². The van der Waals surface area contributed by atoms with Crippen molar-refractivity contribution in [1.29, 1.82) is 0 Å².